The Morgan fingerprint density at radius 1 is 1.69 bits per heavy atom. The second-order valence-corrected chi connectivity index (χ2v) is 3.75. The van der Waals surface area contributed by atoms with Crippen molar-refractivity contribution >= 4 is 18.0 Å². The molecule has 0 fully saturated rings. The molecular formula is C8H13N3OS. The highest BCUT2D eigenvalue weighted by Gasteiger charge is 2.01. The molecule has 0 saturated carbocycles. The lowest BCUT2D eigenvalue weighted by Crippen LogP contribution is -2.18. The molecule has 3 N–H and O–H groups in total. The molecule has 0 aliphatic rings. The van der Waals surface area contributed by atoms with E-state index < -0.39 is 0 Å². The maximum atomic E-state index is 10.9. The highest BCUT2D eigenvalue weighted by Crippen LogP contribution is 2.04. The van der Waals surface area contributed by atoms with Gasteiger partial charge in [-0.3, -0.25) is 9.78 Å². The number of nitrogen functional groups attached to an aromatic ring is 1. The third kappa shape index (κ3) is 2.42. The molecule has 0 aliphatic carbocycles. The summed E-state index contributed by atoms with van der Waals surface area (Å²) in [5, 5.41) is 0. The zero-order chi connectivity index (χ0) is 10.0. The van der Waals surface area contributed by atoms with Gasteiger partial charge in [-0.1, -0.05) is 13.8 Å². The van der Waals surface area contributed by atoms with E-state index in [0.717, 1.165) is 6.54 Å². The topological polar surface area (TPSA) is 63.8 Å². The summed E-state index contributed by atoms with van der Waals surface area (Å²) in [6.45, 7) is 4.85. The quantitative estimate of drug-likeness (QED) is 0.702. The van der Waals surface area contributed by atoms with Crippen LogP contribution in [-0.2, 0) is 6.54 Å². The van der Waals surface area contributed by atoms with Crippen molar-refractivity contribution in [2.75, 3.05) is 5.73 Å². The number of aromatic amines is 1. The van der Waals surface area contributed by atoms with Gasteiger partial charge in [0.05, 0.1) is 0 Å². The van der Waals surface area contributed by atoms with E-state index in [1.807, 2.05) is 0 Å². The third-order valence-electron chi connectivity index (χ3n) is 1.61. The molecule has 0 aromatic carbocycles. The molecule has 1 rings (SSSR count). The largest absolute Gasteiger partial charge is 0.385 e. The Morgan fingerprint density at radius 3 is 2.77 bits per heavy atom. The molecule has 0 amide bonds. The average Bonchev–Trinajstić information content (AvgIpc) is 1.96. The Morgan fingerprint density at radius 2 is 2.31 bits per heavy atom. The van der Waals surface area contributed by atoms with E-state index in [1.165, 1.54) is 6.07 Å². The van der Waals surface area contributed by atoms with Crippen molar-refractivity contribution in [3.8, 4) is 0 Å². The number of hydrogen-bond donors (Lipinski definition) is 2. The van der Waals surface area contributed by atoms with Crippen LogP contribution in [0.1, 0.15) is 13.8 Å². The van der Waals surface area contributed by atoms with Crippen LogP contribution < -0.4 is 11.3 Å². The van der Waals surface area contributed by atoms with Crippen LogP contribution in [0.5, 0.6) is 0 Å². The van der Waals surface area contributed by atoms with Crippen molar-refractivity contribution in [1.29, 1.82) is 0 Å². The molecule has 0 radical (unpaired) electrons. The van der Waals surface area contributed by atoms with Gasteiger partial charge in [-0.25, -0.2) is 0 Å². The molecule has 1 aromatic heterocycles. The number of nitrogens with one attached hydrogen (secondary N) is 1. The minimum absolute atomic E-state index is 0.248. The predicted octanol–water partition coefficient (Wildman–Crippen LogP) is 1.14. The van der Waals surface area contributed by atoms with Gasteiger partial charge in [0.25, 0.3) is 5.56 Å². The molecule has 0 spiro atoms. The highest BCUT2D eigenvalue weighted by atomic mass is 32.1. The summed E-state index contributed by atoms with van der Waals surface area (Å²) >= 11 is 4.97. The molecule has 1 heterocycles. The predicted molar refractivity (Wildman–Crippen MR) is 55.1 cm³/mol. The van der Waals surface area contributed by atoms with Crippen molar-refractivity contribution in [2.24, 2.45) is 5.92 Å². The van der Waals surface area contributed by atoms with E-state index in [2.05, 4.69) is 18.8 Å². The second-order valence-electron chi connectivity index (χ2n) is 3.37. The third-order valence-corrected chi connectivity index (χ3v) is 1.94. The zero-order valence-corrected chi connectivity index (χ0v) is 8.52. The van der Waals surface area contributed by atoms with Crippen LogP contribution in [0.4, 0.5) is 5.82 Å². The Kier molecular flexibility index (Phi) is 2.87. The second kappa shape index (κ2) is 3.74. The van der Waals surface area contributed by atoms with Crippen molar-refractivity contribution in [3.63, 3.8) is 0 Å². The number of nitrogens with zero attached hydrogens (tertiary/aromatic N) is 1. The van der Waals surface area contributed by atoms with Gasteiger partial charge >= 0.3 is 0 Å². The maximum absolute atomic E-state index is 10.9. The van der Waals surface area contributed by atoms with E-state index in [1.54, 1.807) is 4.57 Å². The molecule has 4 nitrogen and oxygen atoms in total. The van der Waals surface area contributed by atoms with Gasteiger partial charge in [0, 0.05) is 12.6 Å². The lowest BCUT2D eigenvalue weighted by molar-refractivity contribution is 0.515. The molecule has 5 heteroatoms. The van der Waals surface area contributed by atoms with E-state index in [4.69, 9.17) is 18.0 Å². The summed E-state index contributed by atoms with van der Waals surface area (Å²) < 4.78 is 2.11. The first-order valence-corrected chi connectivity index (χ1v) is 4.51. The molecule has 0 bridgehead atoms. The fourth-order valence-corrected chi connectivity index (χ4v) is 1.37. The summed E-state index contributed by atoms with van der Waals surface area (Å²) in [5.41, 5.74) is 5.40. The van der Waals surface area contributed by atoms with Crippen LogP contribution in [0.25, 0.3) is 0 Å². The van der Waals surface area contributed by atoms with Crippen LogP contribution in [0.15, 0.2) is 10.9 Å². The normalized spacial score (nSPS) is 10.7. The molecule has 0 aliphatic heterocycles. The van der Waals surface area contributed by atoms with Gasteiger partial charge in [0.15, 0.2) is 4.77 Å². The van der Waals surface area contributed by atoms with E-state index in [-0.39, 0.29) is 5.56 Å². The Labute approximate surface area is 81.4 Å². The average molecular weight is 199 g/mol. The first-order chi connectivity index (χ1) is 6.00. The van der Waals surface area contributed by atoms with Crippen LogP contribution in [0.3, 0.4) is 0 Å². The summed E-state index contributed by atoms with van der Waals surface area (Å²) in [7, 11) is 0. The maximum Gasteiger partial charge on any atom is 0.253 e. The molecule has 72 valence electrons. The lowest BCUT2D eigenvalue weighted by atomic mass is 10.2. The Balaban J connectivity index is 3.22. The molecule has 13 heavy (non-hydrogen) atoms. The summed E-state index contributed by atoms with van der Waals surface area (Å²) in [4.78, 5) is 13.5. The van der Waals surface area contributed by atoms with Crippen molar-refractivity contribution < 1.29 is 0 Å². The SMILES string of the molecule is CC(C)Cn1c(N)cc(=O)[nH]c1=S. The van der Waals surface area contributed by atoms with Gasteiger partial charge in [-0.2, -0.15) is 0 Å². The zero-order valence-electron chi connectivity index (χ0n) is 7.70. The number of nitrogens with two attached hydrogens (primary N) is 1. The van der Waals surface area contributed by atoms with Crippen LogP contribution in [-0.4, -0.2) is 9.55 Å². The minimum Gasteiger partial charge on any atom is -0.385 e. The summed E-state index contributed by atoms with van der Waals surface area (Å²) in [6, 6.07) is 1.35. The Bertz CT molecular complexity index is 405. The fourth-order valence-electron chi connectivity index (χ4n) is 1.09. The van der Waals surface area contributed by atoms with Crippen LogP contribution in [0.2, 0.25) is 0 Å². The number of anilines is 1. The molecule has 1 aromatic rings. The number of aromatic nitrogens is 2. The molecule has 0 saturated heterocycles. The van der Waals surface area contributed by atoms with Gasteiger partial charge in [0.1, 0.15) is 5.82 Å². The van der Waals surface area contributed by atoms with Crippen molar-refractivity contribution in [3.05, 3.63) is 21.2 Å². The standard InChI is InChI=1S/C8H13N3OS/c1-5(2)4-11-6(9)3-7(12)10-8(11)13/h3,5H,4,9H2,1-2H3,(H,10,12,13). The fraction of sp³-hybridized carbons (Fsp3) is 0.500. The molecule has 0 unspecified atom stereocenters. The summed E-state index contributed by atoms with van der Waals surface area (Å²) in [5.74, 6) is 0.863. The van der Waals surface area contributed by atoms with E-state index in [9.17, 15) is 4.79 Å². The van der Waals surface area contributed by atoms with Crippen molar-refractivity contribution in [2.45, 2.75) is 20.4 Å². The smallest absolute Gasteiger partial charge is 0.253 e. The highest BCUT2D eigenvalue weighted by molar-refractivity contribution is 7.71. The lowest BCUT2D eigenvalue weighted by Gasteiger charge is -2.11. The monoisotopic (exact) mass is 199 g/mol. The minimum atomic E-state index is -0.248. The van der Waals surface area contributed by atoms with Crippen molar-refractivity contribution in [1.82, 2.24) is 9.55 Å². The summed E-state index contributed by atoms with van der Waals surface area (Å²) in [6.07, 6.45) is 0. The Hall–Kier alpha value is -1.10. The van der Waals surface area contributed by atoms with Gasteiger partial charge in [-0.05, 0) is 18.1 Å². The first-order valence-electron chi connectivity index (χ1n) is 4.10. The van der Waals surface area contributed by atoms with Gasteiger partial charge in [0.2, 0.25) is 0 Å². The first kappa shape index (κ1) is 9.98. The number of H-pyrrole nitrogens is 1. The van der Waals surface area contributed by atoms with E-state index >= 15 is 0 Å². The number of rotatable bonds is 2. The van der Waals surface area contributed by atoms with Gasteiger partial charge < -0.3 is 10.3 Å². The molecular weight excluding hydrogens is 186 g/mol. The van der Waals surface area contributed by atoms with E-state index in [0.29, 0.717) is 16.5 Å². The molecule has 0 atom stereocenters. The van der Waals surface area contributed by atoms with Gasteiger partial charge in [-0.15, -0.1) is 0 Å². The van der Waals surface area contributed by atoms with Crippen LogP contribution >= 0.6 is 12.2 Å². The van der Waals surface area contributed by atoms with Crippen LogP contribution in [0, 0.1) is 10.7 Å². The number of hydrogen-bond acceptors (Lipinski definition) is 3.